The van der Waals surface area contributed by atoms with Gasteiger partial charge in [-0.05, 0) is 47.8 Å². The van der Waals surface area contributed by atoms with Gasteiger partial charge in [0.1, 0.15) is 0 Å². The number of hydrogen-bond acceptors (Lipinski definition) is 1. The van der Waals surface area contributed by atoms with Crippen LogP contribution < -0.4 is 14.8 Å². The molecule has 0 bridgehead atoms. The first kappa shape index (κ1) is 12.5. The highest BCUT2D eigenvalue weighted by molar-refractivity contribution is 6.77. The van der Waals surface area contributed by atoms with Crippen molar-refractivity contribution in [3.05, 3.63) is 59.9 Å². The van der Waals surface area contributed by atoms with Gasteiger partial charge in [0.2, 0.25) is 0 Å². The largest absolute Gasteiger partial charge is 0.409 e. The molecule has 2 heterocycles. The molecule has 0 saturated carbocycles. The molecule has 1 aromatic carbocycles. The Morgan fingerprint density at radius 3 is 2.82 bits per heavy atom. The van der Waals surface area contributed by atoms with Gasteiger partial charge in [0.05, 0.1) is 19.4 Å². The summed E-state index contributed by atoms with van der Waals surface area (Å²) in [5.74, 6) is 0.920. The Hall–Kier alpha value is -2.03. The number of pyridine rings is 1. The number of aryl methyl sites for hydroxylation is 1. The van der Waals surface area contributed by atoms with Crippen molar-refractivity contribution < 1.29 is 7.31 Å². The molecular weight excluding hydrogens is 267 g/mol. The summed E-state index contributed by atoms with van der Waals surface area (Å²) in [6, 6.07) is 12.3. The van der Waals surface area contributed by atoms with Gasteiger partial charge in [-0.25, -0.2) is 4.57 Å². The standard InChI is InChI=1S/C19H24BN2/c1-15(2)13-16-9-11-21(4)19(14-16)22-12-10-17-7-5-6-8-18(17)20(22)3/h5-12,14-15H,13H2,1-4H3/q+1/i13D2. The molecule has 112 valence electrons. The summed E-state index contributed by atoms with van der Waals surface area (Å²) in [5.41, 5.74) is 3.26. The lowest BCUT2D eigenvalue weighted by Crippen LogP contribution is -2.51. The van der Waals surface area contributed by atoms with Crippen molar-refractivity contribution in [2.24, 2.45) is 13.0 Å². The van der Waals surface area contributed by atoms with Gasteiger partial charge in [-0.1, -0.05) is 38.1 Å². The summed E-state index contributed by atoms with van der Waals surface area (Å²) in [4.78, 5) is 2.21. The molecular formula is C19H24BN2+. The quantitative estimate of drug-likeness (QED) is 0.623. The van der Waals surface area contributed by atoms with Crippen LogP contribution in [0.25, 0.3) is 6.08 Å². The maximum absolute atomic E-state index is 8.39. The SMILES string of the molecule is [2H]C([2H])(c1cc[n+](C)c(N2C=Cc3ccccc3B2C)c1)C(C)C. The van der Waals surface area contributed by atoms with Crippen LogP contribution >= 0.6 is 0 Å². The summed E-state index contributed by atoms with van der Waals surface area (Å²) in [5, 5.41) is 0. The van der Waals surface area contributed by atoms with Crippen LogP contribution in [0.1, 0.15) is 27.7 Å². The molecule has 0 aliphatic carbocycles. The summed E-state index contributed by atoms with van der Waals surface area (Å²) < 4.78 is 18.8. The van der Waals surface area contributed by atoms with E-state index in [2.05, 4.69) is 52.7 Å². The van der Waals surface area contributed by atoms with Gasteiger partial charge in [-0.15, -0.1) is 0 Å². The Labute approximate surface area is 137 Å². The van der Waals surface area contributed by atoms with Crippen molar-refractivity contribution in [1.29, 1.82) is 0 Å². The summed E-state index contributed by atoms with van der Waals surface area (Å²) in [6.45, 7) is 6.24. The number of rotatable bonds is 3. The van der Waals surface area contributed by atoms with Crippen LogP contribution in [0.2, 0.25) is 6.82 Å². The zero-order valence-corrected chi connectivity index (χ0v) is 13.7. The minimum Gasteiger partial charge on any atom is -0.293 e. The van der Waals surface area contributed by atoms with E-state index in [1.807, 2.05) is 39.2 Å². The van der Waals surface area contributed by atoms with E-state index in [0.29, 0.717) is 0 Å². The molecule has 22 heavy (non-hydrogen) atoms. The number of aromatic nitrogens is 1. The monoisotopic (exact) mass is 293 g/mol. The van der Waals surface area contributed by atoms with Gasteiger partial charge >= 0.3 is 6.85 Å². The molecule has 3 rings (SSSR count). The fourth-order valence-corrected chi connectivity index (χ4v) is 2.99. The van der Waals surface area contributed by atoms with E-state index < -0.39 is 6.37 Å². The van der Waals surface area contributed by atoms with E-state index in [0.717, 1.165) is 11.4 Å². The Morgan fingerprint density at radius 1 is 1.27 bits per heavy atom. The number of benzene rings is 1. The smallest absolute Gasteiger partial charge is 0.293 e. The van der Waals surface area contributed by atoms with Crippen molar-refractivity contribution in [2.75, 3.05) is 4.81 Å². The van der Waals surface area contributed by atoms with E-state index in [1.54, 1.807) is 0 Å². The van der Waals surface area contributed by atoms with Crippen molar-refractivity contribution >= 4 is 24.2 Å². The van der Waals surface area contributed by atoms with Crippen LogP contribution in [0, 0.1) is 5.92 Å². The van der Waals surface area contributed by atoms with E-state index in [-0.39, 0.29) is 12.8 Å². The molecule has 1 aliphatic rings. The Bertz CT molecular complexity index is 787. The second-order valence-electron chi connectivity index (χ2n) is 6.21. The van der Waals surface area contributed by atoms with E-state index in [4.69, 9.17) is 2.74 Å². The number of hydrogen-bond donors (Lipinski definition) is 0. The first-order chi connectivity index (χ1) is 11.3. The Kier molecular flexibility index (Phi) is 3.41. The summed E-state index contributed by atoms with van der Waals surface area (Å²) >= 11 is 0. The average Bonchev–Trinajstić information content (AvgIpc) is 2.56. The van der Waals surface area contributed by atoms with Crippen molar-refractivity contribution in [3.8, 4) is 0 Å². The zero-order chi connectivity index (χ0) is 17.5. The molecule has 1 aliphatic heterocycles. The normalized spacial score (nSPS) is 15.7. The molecule has 0 spiro atoms. The lowest BCUT2D eigenvalue weighted by atomic mass is 9.54. The molecule has 2 aromatic rings. The van der Waals surface area contributed by atoms with Gasteiger partial charge in [0.15, 0.2) is 0 Å². The van der Waals surface area contributed by atoms with Crippen molar-refractivity contribution in [1.82, 2.24) is 0 Å². The van der Waals surface area contributed by atoms with Crippen LogP contribution in [-0.4, -0.2) is 6.85 Å². The molecule has 2 nitrogen and oxygen atoms in total. The molecule has 0 saturated heterocycles. The average molecular weight is 293 g/mol. The Morgan fingerprint density at radius 2 is 2.05 bits per heavy atom. The van der Waals surface area contributed by atoms with Crippen LogP contribution in [-0.2, 0) is 13.4 Å². The zero-order valence-electron chi connectivity index (χ0n) is 15.7. The molecule has 3 heteroatoms. The molecule has 0 fully saturated rings. The van der Waals surface area contributed by atoms with Gasteiger partial charge in [0.25, 0.3) is 5.82 Å². The molecule has 0 radical (unpaired) electrons. The molecule has 0 amide bonds. The molecule has 1 aromatic heterocycles. The molecule has 0 N–H and O–H groups in total. The van der Waals surface area contributed by atoms with E-state index >= 15 is 0 Å². The lowest BCUT2D eigenvalue weighted by molar-refractivity contribution is -0.658. The predicted octanol–water partition coefficient (Wildman–Crippen LogP) is 3.03. The highest BCUT2D eigenvalue weighted by Crippen LogP contribution is 2.20. The van der Waals surface area contributed by atoms with Gasteiger partial charge < -0.3 is 0 Å². The molecule has 0 atom stereocenters. The highest BCUT2D eigenvalue weighted by atomic mass is 15.2. The number of nitrogens with zero attached hydrogens (tertiary/aromatic N) is 2. The first-order valence-corrected chi connectivity index (χ1v) is 7.88. The minimum atomic E-state index is -1.34. The van der Waals surface area contributed by atoms with Gasteiger partial charge in [0, 0.05) is 8.81 Å². The predicted molar refractivity (Wildman–Crippen MR) is 95.4 cm³/mol. The van der Waals surface area contributed by atoms with Gasteiger partial charge in [-0.2, -0.15) is 0 Å². The van der Waals surface area contributed by atoms with Crippen LogP contribution in [0.15, 0.2) is 48.8 Å². The van der Waals surface area contributed by atoms with E-state index in [9.17, 15) is 0 Å². The fourth-order valence-electron chi connectivity index (χ4n) is 2.99. The minimum absolute atomic E-state index is 0.0758. The number of anilines is 1. The lowest BCUT2D eigenvalue weighted by Gasteiger charge is -2.24. The second kappa shape index (κ2) is 6.00. The Balaban J connectivity index is 2.05. The second-order valence-corrected chi connectivity index (χ2v) is 6.21. The van der Waals surface area contributed by atoms with Gasteiger partial charge in [-0.3, -0.25) is 4.81 Å². The summed E-state index contributed by atoms with van der Waals surface area (Å²) in [7, 11) is 2.01. The number of fused-ring (bicyclic) bond motifs is 1. The maximum atomic E-state index is 8.39. The van der Waals surface area contributed by atoms with Crippen molar-refractivity contribution in [2.45, 2.75) is 27.0 Å². The van der Waals surface area contributed by atoms with Crippen molar-refractivity contribution in [3.63, 3.8) is 0 Å². The van der Waals surface area contributed by atoms with Crippen LogP contribution in [0.3, 0.4) is 0 Å². The van der Waals surface area contributed by atoms with E-state index in [1.165, 1.54) is 11.0 Å². The van der Waals surface area contributed by atoms with Crippen LogP contribution in [0.4, 0.5) is 5.82 Å². The molecule has 0 unspecified atom stereocenters. The van der Waals surface area contributed by atoms with Crippen LogP contribution in [0.5, 0.6) is 0 Å². The highest BCUT2D eigenvalue weighted by Gasteiger charge is 2.33. The summed E-state index contributed by atoms with van der Waals surface area (Å²) in [6.07, 6.45) is 4.83. The third-order valence-corrected chi connectivity index (χ3v) is 4.12. The maximum Gasteiger partial charge on any atom is 0.409 e. The topological polar surface area (TPSA) is 7.12 Å². The first-order valence-electron chi connectivity index (χ1n) is 8.88. The third-order valence-electron chi connectivity index (χ3n) is 4.12. The third kappa shape index (κ3) is 2.80. The fraction of sp³-hybridized carbons (Fsp3) is 0.316.